The first kappa shape index (κ1) is 40.3. The number of hydrogen-bond donors (Lipinski definition) is 1. The maximum atomic E-state index is 14.0. The normalized spacial score (nSPS) is 12.4. The molecule has 0 radical (unpaired) electrons. The number of amides is 1. The first-order valence-electron chi connectivity index (χ1n) is 16.4. The van der Waals surface area contributed by atoms with Gasteiger partial charge in [-0.15, -0.1) is 11.3 Å². The van der Waals surface area contributed by atoms with Crippen LogP contribution < -0.4 is 11.0 Å². The van der Waals surface area contributed by atoms with Crippen LogP contribution in [0.25, 0.3) is 27.6 Å². The second-order valence-corrected chi connectivity index (χ2v) is 15.5. The van der Waals surface area contributed by atoms with E-state index in [1.54, 1.807) is 50.2 Å². The summed E-state index contributed by atoms with van der Waals surface area (Å²) in [5, 5.41) is 9.79. The van der Waals surface area contributed by atoms with Crippen LogP contribution in [-0.4, -0.2) is 68.5 Å². The number of alkyl halides is 3. The number of benzene rings is 3. The zero-order valence-electron chi connectivity index (χ0n) is 30.1. The van der Waals surface area contributed by atoms with Crippen molar-refractivity contribution >= 4 is 33.2 Å². The van der Waals surface area contributed by atoms with Gasteiger partial charge in [-0.25, -0.2) is 37.1 Å². The van der Waals surface area contributed by atoms with Gasteiger partial charge in [0.25, 0.3) is 0 Å². The van der Waals surface area contributed by atoms with Crippen molar-refractivity contribution in [3.8, 4) is 22.8 Å². The minimum Gasteiger partial charge on any atom is -0.744 e. The fourth-order valence-corrected chi connectivity index (χ4v) is 6.86. The van der Waals surface area contributed by atoms with Gasteiger partial charge >= 0.3 is 17.9 Å². The first-order chi connectivity index (χ1) is 25.8. The van der Waals surface area contributed by atoms with E-state index in [4.69, 9.17) is 6.57 Å². The smallest absolute Gasteiger partial charge is 0.416 e. The predicted octanol–water partition coefficient (Wildman–Crippen LogP) is 6.94. The van der Waals surface area contributed by atoms with Gasteiger partial charge < -0.3 is 14.4 Å². The molecular weight excluding hydrogens is 758 g/mol. The summed E-state index contributed by atoms with van der Waals surface area (Å²) in [5.74, 6) is 0. The number of imidazole rings is 1. The van der Waals surface area contributed by atoms with Crippen LogP contribution in [-0.2, 0) is 22.8 Å². The van der Waals surface area contributed by atoms with Crippen molar-refractivity contribution in [1.29, 1.82) is 0 Å². The summed E-state index contributed by atoms with van der Waals surface area (Å²) in [5.41, 5.74) is 0.689. The Hall–Kier alpha value is -5.87. The van der Waals surface area contributed by atoms with Gasteiger partial charge in [-0.2, -0.15) is 18.3 Å². The van der Waals surface area contributed by atoms with Crippen LogP contribution in [0.1, 0.15) is 34.9 Å². The van der Waals surface area contributed by atoms with Crippen LogP contribution in [0.4, 0.5) is 23.7 Å². The van der Waals surface area contributed by atoms with E-state index in [0.717, 1.165) is 27.0 Å². The van der Waals surface area contributed by atoms with Crippen LogP contribution >= 0.6 is 11.3 Å². The van der Waals surface area contributed by atoms with Gasteiger partial charge in [0, 0.05) is 5.38 Å². The molecule has 1 N–H and O–H groups in total. The van der Waals surface area contributed by atoms with Crippen molar-refractivity contribution in [3.63, 3.8) is 0 Å². The summed E-state index contributed by atoms with van der Waals surface area (Å²) < 4.78 is 75.8. The average molecular weight is 793 g/mol. The lowest BCUT2D eigenvalue weighted by Crippen LogP contribution is -2.38. The van der Waals surface area contributed by atoms with Crippen molar-refractivity contribution in [3.05, 3.63) is 140 Å². The Morgan fingerprint density at radius 3 is 2.27 bits per heavy atom. The summed E-state index contributed by atoms with van der Waals surface area (Å²) in [6.45, 7) is 11.2. The van der Waals surface area contributed by atoms with Crippen LogP contribution in [0.2, 0.25) is 0 Å². The van der Waals surface area contributed by atoms with E-state index < -0.39 is 39.6 Å². The molecule has 1 unspecified atom stereocenters. The highest BCUT2D eigenvalue weighted by Crippen LogP contribution is 2.32. The Labute approximate surface area is 318 Å². The monoisotopic (exact) mass is 792 g/mol. The number of rotatable bonds is 8. The van der Waals surface area contributed by atoms with E-state index in [-0.39, 0.29) is 22.0 Å². The Balaban J connectivity index is 0.000000504. The van der Waals surface area contributed by atoms with Crippen LogP contribution in [0.15, 0.2) is 106 Å². The highest BCUT2D eigenvalue weighted by Gasteiger charge is 2.32. The second kappa shape index (κ2) is 15.8. The molecule has 13 nitrogen and oxygen atoms in total. The van der Waals surface area contributed by atoms with Crippen molar-refractivity contribution < 1.29 is 35.4 Å². The van der Waals surface area contributed by atoms with Gasteiger partial charge in [0.15, 0.2) is 5.69 Å². The lowest BCUT2D eigenvalue weighted by atomic mass is 10.2. The molecule has 0 spiro atoms. The molecule has 0 saturated heterocycles. The summed E-state index contributed by atoms with van der Waals surface area (Å²) in [6, 6.07) is 18.4. The summed E-state index contributed by atoms with van der Waals surface area (Å²) >= 11 is 1.38. The van der Waals surface area contributed by atoms with Crippen molar-refractivity contribution in [2.75, 3.05) is 21.1 Å². The second-order valence-electron chi connectivity index (χ2n) is 13.3. The molecule has 0 aliphatic heterocycles. The topological polar surface area (TPSA) is 148 Å². The third-order valence-electron chi connectivity index (χ3n) is 7.98. The number of quaternary nitrogens is 1. The van der Waals surface area contributed by atoms with Crippen molar-refractivity contribution in [1.82, 2.24) is 29.2 Å². The van der Waals surface area contributed by atoms with Gasteiger partial charge in [-0.05, 0) is 62.4 Å². The maximum Gasteiger partial charge on any atom is 0.416 e. The molecule has 18 heteroatoms. The minimum absolute atomic E-state index is 0.0504. The number of hydrogen-bond acceptors (Lipinski definition) is 8. The lowest BCUT2D eigenvalue weighted by molar-refractivity contribution is -0.884. The SMILES string of the molecule is O=S(=O)([O-])c1ccccc1.[C-]#[N+]c1ccc(-n2nccc2-c2c(C)n(-c3cccc(C(F)(F)F)c3)c(=O)n2C(=O)NC(C)c2nc(C[N+](C)(C)C)cs2)cc1. The Kier molecular flexibility index (Phi) is 11.6. The number of carbonyl (C=O) groups excluding carboxylic acids is 1. The maximum absolute atomic E-state index is 14.0. The molecule has 3 aromatic carbocycles. The van der Waals surface area contributed by atoms with Gasteiger partial charge in [0.05, 0.1) is 73.2 Å². The zero-order valence-corrected chi connectivity index (χ0v) is 31.8. The lowest BCUT2D eigenvalue weighted by Gasteiger charge is -2.22. The highest BCUT2D eigenvalue weighted by atomic mass is 32.2. The Morgan fingerprint density at radius 1 is 1.02 bits per heavy atom. The van der Waals surface area contributed by atoms with Crippen molar-refractivity contribution in [2.24, 2.45) is 0 Å². The molecule has 0 fully saturated rings. The molecule has 1 amide bonds. The standard InChI is InChI=1S/C31H29F3N8O2S.C6H6O3S/c1-19(28-38-23(18-45-28)17-42(4,5)6)37-29(43)40-27(26-14-15-36-41(26)24-12-10-22(35-3)11-13-24)20(2)39(30(40)44)25-9-7-8-21(16-25)31(32,33)34;7-10(8,9)6-4-2-1-3-5-6/h7-16,18-19H,17H2,1-2,4-6H3;1-5H,(H,7,8,9). The Bertz CT molecular complexity index is 2530. The quantitative estimate of drug-likeness (QED) is 0.0998. The van der Waals surface area contributed by atoms with E-state index in [1.165, 1.54) is 58.6 Å². The number of halogens is 3. The van der Waals surface area contributed by atoms with Gasteiger partial charge in [0.2, 0.25) is 0 Å². The third kappa shape index (κ3) is 9.45. The number of carbonyl (C=O) groups is 1. The molecular formula is C37H35F3N8O5S2. The van der Waals surface area contributed by atoms with Crippen LogP contribution in [0, 0.1) is 13.5 Å². The van der Waals surface area contributed by atoms with E-state index in [0.29, 0.717) is 33.1 Å². The summed E-state index contributed by atoms with van der Waals surface area (Å²) in [6.07, 6.45) is -3.15. The molecule has 3 aromatic heterocycles. The van der Waals surface area contributed by atoms with E-state index in [2.05, 4.69) is 20.2 Å². The fraction of sp³-hybridized carbons (Fsp3) is 0.216. The molecule has 6 rings (SSSR count). The van der Waals surface area contributed by atoms with Crippen molar-refractivity contribution in [2.45, 2.75) is 37.5 Å². The van der Waals surface area contributed by atoms with Crippen LogP contribution in [0.5, 0.6) is 0 Å². The molecule has 0 saturated carbocycles. The molecule has 3 heterocycles. The molecule has 6 aromatic rings. The van der Waals surface area contributed by atoms with Crippen LogP contribution in [0.3, 0.4) is 0 Å². The van der Waals surface area contributed by atoms with Gasteiger partial charge in [-0.3, -0.25) is 4.57 Å². The number of nitrogens with one attached hydrogen (secondary N) is 1. The largest absolute Gasteiger partial charge is 0.744 e. The van der Waals surface area contributed by atoms with E-state index in [1.807, 2.05) is 26.5 Å². The summed E-state index contributed by atoms with van der Waals surface area (Å²) in [7, 11) is 1.87. The number of nitrogens with zero attached hydrogens (tertiary/aromatic N) is 7. The third-order valence-corrected chi connectivity index (χ3v) is 9.90. The molecule has 286 valence electrons. The minimum atomic E-state index is -4.64. The number of aromatic nitrogens is 5. The average Bonchev–Trinajstić information content (AvgIpc) is 3.85. The molecule has 0 aliphatic rings. The highest BCUT2D eigenvalue weighted by molar-refractivity contribution is 7.85. The first-order valence-corrected chi connectivity index (χ1v) is 18.7. The molecule has 1 atom stereocenters. The van der Waals surface area contributed by atoms with Gasteiger partial charge in [0.1, 0.15) is 33.1 Å². The Morgan fingerprint density at radius 2 is 1.69 bits per heavy atom. The van der Waals surface area contributed by atoms with Gasteiger partial charge in [-0.1, -0.05) is 36.4 Å². The predicted molar refractivity (Wildman–Crippen MR) is 199 cm³/mol. The molecule has 0 aliphatic carbocycles. The summed E-state index contributed by atoms with van der Waals surface area (Å²) in [4.78, 5) is 35.8. The molecule has 0 bridgehead atoms. The number of thiazole rings is 1. The zero-order chi connectivity index (χ0) is 40.3. The van der Waals surface area contributed by atoms with E-state index in [9.17, 15) is 35.7 Å². The molecule has 55 heavy (non-hydrogen) atoms. The fourth-order valence-electron chi connectivity index (χ4n) is 5.56. The van der Waals surface area contributed by atoms with E-state index >= 15 is 0 Å².